The molecule has 2 saturated heterocycles. The molecule has 26 heavy (non-hydrogen) atoms. The highest BCUT2D eigenvalue weighted by atomic mass is 32.2. The zero-order chi connectivity index (χ0) is 17.9. The molecule has 3 heterocycles. The fourth-order valence-electron chi connectivity index (χ4n) is 3.61. The maximum absolute atomic E-state index is 12.0. The van der Waals surface area contributed by atoms with Crippen LogP contribution in [-0.4, -0.2) is 41.8 Å². The van der Waals surface area contributed by atoms with Crippen LogP contribution in [0.15, 0.2) is 18.2 Å². The molecular weight excluding hydrogens is 354 g/mol. The third kappa shape index (κ3) is 3.85. The summed E-state index contributed by atoms with van der Waals surface area (Å²) < 4.78 is 10.6. The van der Waals surface area contributed by atoms with E-state index in [1.165, 1.54) is 0 Å². The molecule has 3 atom stereocenters. The highest BCUT2D eigenvalue weighted by molar-refractivity contribution is 8.00. The average Bonchev–Trinajstić information content (AvgIpc) is 3.32. The lowest BCUT2D eigenvalue weighted by Gasteiger charge is -2.16. The Kier molecular flexibility index (Phi) is 5.10. The fraction of sp³-hybridized carbons (Fsp3) is 0.556. The number of nitrogens with one attached hydrogen (secondary N) is 3. The molecule has 0 spiro atoms. The number of hydrogen-bond donors (Lipinski definition) is 3. The molecule has 140 valence electrons. The minimum absolute atomic E-state index is 0.0480. The number of amides is 3. The van der Waals surface area contributed by atoms with E-state index < -0.39 is 0 Å². The van der Waals surface area contributed by atoms with Crippen LogP contribution in [0.25, 0.3) is 0 Å². The molecule has 1 aromatic carbocycles. The SMILES string of the molecule is O=C(CCCC[C@@H]1SC[C@@H]2NC(=O)N[C@@H]21)NCc1ccc2c(c1)OCO2. The molecule has 4 rings (SSSR count). The van der Waals surface area contributed by atoms with Crippen molar-refractivity contribution in [1.82, 2.24) is 16.0 Å². The first-order valence-corrected chi connectivity index (χ1v) is 10.1. The Morgan fingerprint density at radius 1 is 1.23 bits per heavy atom. The first-order valence-electron chi connectivity index (χ1n) is 9.03. The number of benzene rings is 1. The first kappa shape index (κ1) is 17.3. The Morgan fingerprint density at radius 3 is 3.04 bits per heavy atom. The van der Waals surface area contributed by atoms with E-state index in [0.29, 0.717) is 18.2 Å². The van der Waals surface area contributed by atoms with Crippen molar-refractivity contribution in [3.63, 3.8) is 0 Å². The van der Waals surface area contributed by atoms with Gasteiger partial charge in [0, 0.05) is 24.0 Å². The summed E-state index contributed by atoms with van der Waals surface area (Å²) in [4.78, 5) is 23.4. The van der Waals surface area contributed by atoms with Crippen LogP contribution in [0.2, 0.25) is 0 Å². The van der Waals surface area contributed by atoms with Crippen LogP contribution in [0, 0.1) is 0 Å². The van der Waals surface area contributed by atoms with Crippen molar-refractivity contribution >= 4 is 23.7 Å². The number of urea groups is 1. The van der Waals surface area contributed by atoms with E-state index in [1.54, 1.807) is 0 Å². The van der Waals surface area contributed by atoms with E-state index >= 15 is 0 Å². The van der Waals surface area contributed by atoms with Crippen molar-refractivity contribution in [3.05, 3.63) is 23.8 Å². The summed E-state index contributed by atoms with van der Waals surface area (Å²) in [6.07, 6.45) is 3.42. The molecule has 0 aliphatic carbocycles. The van der Waals surface area contributed by atoms with E-state index in [1.807, 2.05) is 30.0 Å². The Bertz CT molecular complexity index is 699. The summed E-state index contributed by atoms with van der Waals surface area (Å²) in [7, 11) is 0. The summed E-state index contributed by atoms with van der Waals surface area (Å²) >= 11 is 1.91. The maximum Gasteiger partial charge on any atom is 0.315 e. The number of ether oxygens (including phenoxy) is 2. The van der Waals surface area contributed by atoms with Gasteiger partial charge in [-0.1, -0.05) is 12.5 Å². The van der Waals surface area contributed by atoms with Crippen molar-refractivity contribution in [2.24, 2.45) is 0 Å². The third-order valence-electron chi connectivity index (χ3n) is 5.01. The molecule has 3 amide bonds. The monoisotopic (exact) mass is 377 g/mol. The molecule has 0 aromatic heterocycles. The van der Waals surface area contributed by atoms with Gasteiger partial charge in [-0.2, -0.15) is 11.8 Å². The van der Waals surface area contributed by atoms with Gasteiger partial charge >= 0.3 is 6.03 Å². The van der Waals surface area contributed by atoms with Crippen LogP contribution in [0.3, 0.4) is 0 Å². The van der Waals surface area contributed by atoms with Gasteiger partial charge in [-0.3, -0.25) is 4.79 Å². The number of carbonyl (C=O) groups excluding carboxylic acids is 2. The van der Waals surface area contributed by atoms with Crippen LogP contribution >= 0.6 is 11.8 Å². The van der Waals surface area contributed by atoms with E-state index in [9.17, 15) is 9.59 Å². The molecule has 0 saturated carbocycles. The van der Waals surface area contributed by atoms with Crippen molar-refractivity contribution < 1.29 is 19.1 Å². The zero-order valence-electron chi connectivity index (χ0n) is 14.5. The topological polar surface area (TPSA) is 88.7 Å². The van der Waals surface area contributed by atoms with Gasteiger partial charge in [0.05, 0.1) is 12.1 Å². The zero-order valence-corrected chi connectivity index (χ0v) is 15.3. The van der Waals surface area contributed by atoms with Gasteiger partial charge in [-0.25, -0.2) is 4.79 Å². The van der Waals surface area contributed by atoms with E-state index in [-0.39, 0.29) is 30.8 Å². The van der Waals surface area contributed by atoms with Crippen LogP contribution in [0.4, 0.5) is 4.79 Å². The molecule has 0 unspecified atom stereocenters. The lowest BCUT2D eigenvalue weighted by molar-refractivity contribution is -0.121. The van der Waals surface area contributed by atoms with E-state index in [2.05, 4.69) is 16.0 Å². The Labute approximate surface area is 156 Å². The molecule has 1 aromatic rings. The average molecular weight is 377 g/mol. The summed E-state index contributed by atoms with van der Waals surface area (Å²) in [5.41, 5.74) is 1.00. The number of fused-ring (bicyclic) bond motifs is 2. The molecule has 3 N–H and O–H groups in total. The summed E-state index contributed by atoms with van der Waals surface area (Å²) in [5, 5.41) is 9.36. The molecule has 0 bridgehead atoms. The van der Waals surface area contributed by atoms with Crippen LogP contribution < -0.4 is 25.4 Å². The Balaban J connectivity index is 1.13. The summed E-state index contributed by atoms with van der Waals surface area (Å²) in [6.45, 7) is 0.751. The van der Waals surface area contributed by atoms with Crippen molar-refractivity contribution in [3.8, 4) is 11.5 Å². The molecule has 7 nitrogen and oxygen atoms in total. The highest BCUT2D eigenvalue weighted by Gasteiger charge is 2.42. The second-order valence-corrected chi connectivity index (χ2v) is 8.10. The van der Waals surface area contributed by atoms with E-state index in [4.69, 9.17) is 9.47 Å². The number of unbranched alkanes of at least 4 members (excludes halogenated alkanes) is 1. The number of hydrogen-bond acceptors (Lipinski definition) is 5. The number of thioether (sulfide) groups is 1. The lowest BCUT2D eigenvalue weighted by atomic mass is 10.0. The van der Waals surface area contributed by atoms with Gasteiger partial charge in [-0.05, 0) is 30.5 Å². The fourth-order valence-corrected chi connectivity index (χ4v) is 5.16. The van der Waals surface area contributed by atoms with Gasteiger partial charge in [0.2, 0.25) is 12.7 Å². The summed E-state index contributed by atoms with van der Waals surface area (Å²) in [5.74, 6) is 2.53. The minimum atomic E-state index is -0.0480. The molecule has 2 fully saturated rings. The van der Waals surface area contributed by atoms with Gasteiger partial charge in [0.15, 0.2) is 11.5 Å². The Morgan fingerprint density at radius 2 is 2.12 bits per heavy atom. The highest BCUT2D eigenvalue weighted by Crippen LogP contribution is 2.33. The standard InChI is InChI=1S/C18H23N3O4S/c22-16(19-8-11-5-6-13-14(7-11)25-10-24-13)4-2-1-3-15-17-12(9-26-15)20-18(23)21-17/h5-7,12,15,17H,1-4,8-10H2,(H,19,22)(H2,20,21,23)/t12-,15-,17-/m0/s1. The predicted molar refractivity (Wildman–Crippen MR) is 98.4 cm³/mol. The lowest BCUT2D eigenvalue weighted by Crippen LogP contribution is -2.36. The molecular formula is C18H23N3O4S. The van der Waals surface area contributed by atoms with Crippen molar-refractivity contribution in [2.75, 3.05) is 12.5 Å². The van der Waals surface area contributed by atoms with Gasteiger partial charge in [0.25, 0.3) is 0 Å². The molecule has 8 heteroatoms. The number of rotatable bonds is 7. The smallest absolute Gasteiger partial charge is 0.315 e. The third-order valence-corrected chi connectivity index (χ3v) is 6.52. The Hall–Kier alpha value is -2.09. The van der Waals surface area contributed by atoms with Crippen molar-refractivity contribution in [2.45, 2.75) is 49.6 Å². The van der Waals surface area contributed by atoms with Gasteiger partial charge in [-0.15, -0.1) is 0 Å². The van der Waals surface area contributed by atoms with E-state index in [0.717, 1.165) is 42.1 Å². The second kappa shape index (κ2) is 7.65. The first-order chi connectivity index (χ1) is 12.7. The summed E-state index contributed by atoms with van der Waals surface area (Å²) in [6, 6.07) is 6.17. The normalized spacial score (nSPS) is 25.5. The predicted octanol–water partition coefficient (Wildman–Crippen LogP) is 1.76. The maximum atomic E-state index is 12.0. The molecule has 3 aliphatic rings. The number of carbonyl (C=O) groups is 2. The van der Waals surface area contributed by atoms with Gasteiger partial charge < -0.3 is 25.4 Å². The van der Waals surface area contributed by atoms with Crippen LogP contribution in [-0.2, 0) is 11.3 Å². The largest absolute Gasteiger partial charge is 0.454 e. The van der Waals surface area contributed by atoms with Crippen molar-refractivity contribution in [1.29, 1.82) is 0 Å². The minimum Gasteiger partial charge on any atom is -0.454 e. The van der Waals surface area contributed by atoms with Gasteiger partial charge in [0.1, 0.15) is 0 Å². The molecule has 3 aliphatic heterocycles. The van der Waals surface area contributed by atoms with Crippen LogP contribution in [0.1, 0.15) is 31.2 Å². The van der Waals surface area contributed by atoms with Crippen LogP contribution in [0.5, 0.6) is 11.5 Å². The quantitative estimate of drug-likeness (QED) is 0.498. The second-order valence-electron chi connectivity index (χ2n) is 6.83. The molecule has 0 radical (unpaired) electrons.